The summed E-state index contributed by atoms with van der Waals surface area (Å²) in [6.45, 7) is 0. The average Bonchev–Trinajstić information content (AvgIpc) is 2.51. The van der Waals surface area contributed by atoms with Crippen molar-refractivity contribution in [2.24, 2.45) is 0 Å². The van der Waals surface area contributed by atoms with Crippen molar-refractivity contribution < 1.29 is 13.2 Å². The second-order valence-electron chi connectivity index (χ2n) is 2.54. The first-order chi connectivity index (χ1) is 5.98. The Labute approximate surface area is 76.9 Å². The highest BCUT2D eigenvalue weighted by Crippen LogP contribution is 2.09. The van der Waals surface area contributed by atoms with E-state index in [9.17, 15) is 8.42 Å². The molecule has 0 aromatic carbocycles. The Morgan fingerprint density at radius 2 is 2.15 bits per heavy atom. The molecule has 1 heterocycles. The molecule has 13 heavy (non-hydrogen) atoms. The first-order valence-corrected chi connectivity index (χ1v) is 4.90. The number of hydrogen-bond acceptors (Lipinski definition) is 4. The summed E-state index contributed by atoms with van der Waals surface area (Å²) in [5.41, 5.74) is 0. The van der Waals surface area contributed by atoms with E-state index in [0.29, 0.717) is 5.75 Å². The van der Waals surface area contributed by atoms with Gasteiger partial charge in [-0.25, -0.2) is 0 Å². The van der Waals surface area contributed by atoms with Crippen LogP contribution in [0.4, 0.5) is 0 Å². The molecule has 0 saturated carbocycles. The van der Waals surface area contributed by atoms with E-state index < -0.39 is 10.2 Å². The Kier molecular flexibility index (Phi) is 2.58. The lowest BCUT2D eigenvalue weighted by Crippen LogP contribution is -2.29. The zero-order valence-electron chi connectivity index (χ0n) is 7.63. The molecule has 0 aliphatic carbocycles. The number of ether oxygens (including phenoxy) is 1. The zero-order chi connectivity index (χ0) is 10.1. The van der Waals surface area contributed by atoms with Gasteiger partial charge in [-0.05, 0) is 0 Å². The van der Waals surface area contributed by atoms with Crippen LogP contribution < -0.4 is 4.74 Å². The maximum atomic E-state index is 11.4. The number of hydrogen-bond donors (Lipinski definition) is 0. The molecule has 0 atom stereocenters. The summed E-state index contributed by atoms with van der Waals surface area (Å²) in [7, 11) is 0.809. The van der Waals surface area contributed by atoms with E-state index in [1.54, 1.807) is 0 Å². The van der Waals surface area contributed by atoms with Gasteiger partial charge in [-0.2, -0.15) is 17.8 Å². The van der Waals surface area contributed by atoms with Crippen molar-refractivity contribution in [2.45, 2.75) is 0 Å². The van der Waals surface area contributed by atoms with Gasteiger partial charge < -0.3 is 4.74 Å². The average molecular weight is 205 g/mol. The fourth-order valence-corrected chi connectivity index (χ4v) is 1.43. The Morgan fingerprint density at radius 3 is 2.54 bits per heavy atom. The summed E-state index contributed by atoms with van der Waals surface area (Å²) in [5, 5.41) is 3.64. The molecule has 0 aliphatic heterocycles. The third-order valence-electron chi connectivity index (χ3n) is 1.47. The van der Waals surface area contributed by atoms with Crippen LogP contribution in [-0.4, -0.2) is 43.1 Å². The maximum absolute atomic E-state index is 11.4. The first-order valence-electron chi connectivity index (χ1n) is 3.50. The van der Waals surface area contributed by atoms with E-state index in [1.807, 2.05) is 0 Å². The van der Waals surface area contributed by atoms with Gasteiger partial charge in [0.05, 0.1) is 19.5 Å². The minimum Gasteiger partial charge on any atom is -0.493 e. The van der Waals surface area contributed by atoms with E-state index in [2.05, 4.69) is 5.10 Å². The van der Waals surface area contributed by atoms with Gasteiger partial charge in [-0.3, -0.25) is 0 Å². The molecule has 1 rings (SSSR count). The van der Waals surface area contributed by atoms with Gasteiger partial charge in [0.1, 0.15) is 0 Å². The van der Waals surface area contributed by atoms with Crippen molar-refractivity contribution in [3.8, 4) is 5.75 Å². The zero-order valence-corrected chi connectivity index (χ0v) is 8.45. The molecule has 0 aliphatic rings. The summed E-state index contributed by atoms with van der Waals surface area (Å²) < 4.78 is 29.6. The van der Waals surface area contributed by atoms with Crippen LogP contribution in [-0.2, 0) is 10.2 Å². The molecule has 0 radical (unpaired) electrons. The summed E-state index contributed by atoms with van der Waals surface area (Å²) >= 11 is 0. The smallest absolute Gasteiger partial charge is 0.322 e. The van der Waals surface area contributed by atoms with E-state index in [-0.39, 0.29) is 0 Å². The minimum absolute atomic E-state index is 0.408. The van der Waals surface area contributed by atoms with E-state index in [0.717, 1.165) is 8.39 Å². The van der Waals surface area contributed by atoms with Gasteiger partial charge in [0.15, 0.2) is 5.75 Å². The Balaban J connectivity index is 3.09. The molecule has 7 heteroatoms. The second-order valence-corrected chi connectivity index (χ2v) is 4.54. The summed E-state index contributed by atoms with van der Waals surface area (Å²) in [6, 6.07) is 0. The number of aromatic nitrogens is 2. The topological polar surface area (TPSA) is 64.4 Å². The lowest BCUT2D eigenvalue weighted by Gasteiger charge is -2.09. The Bertz CT molecular complexity index is 382. The van der Waals surface area contributed by atoms with Gasteiger partial charge in [-0.15, -0.1) is 4.09 Å². The molecular formula is C6H11N3O3S. The summed E-state index contributed by atoms with van der Waals surface area (Å²) in [5.74, 6) is 0.408. The van der Waals surface area contributed by atoms with Crippen LogP contribution in [0.5, 0.6) is 5.75 Å². The first kappa shape index (κ1) is 10.0. The fraction of sp³-hybridized carbons (Fsp3) is 0.500. The van der Waals surface area contributed by atoms with Crippen molar-refractivity contribution in [3.63, 3.8) is 0 Å². The van der Waals surface area contributed by atoms with Gasteiger partial charge >= 0.3 is 10.2 Å². The van der Waals surface area contributed by atoms with Crippen molar-refractivity contribution in [2.75, 3.05) is 21.2 Å². The lowest BCUT2D eigenvalue weighted by atomic mass is 10.7. The maximum Gasteiger partial charge on any atom is 0.322 e. The van der Waals surface area contributed by atoms with E-state index in [1.165, 1.54) is 33.6 Å². The van der Waals surface area contributed by atoms with Crippen molar-refractivity contribution in [1.82, 2.24) is 13.5 Å². The SMILES string of the molecule is COc1cnn(S(=O)(=O)N(C)C)c1. The third-order valence-corrected chi connectivity index (χ3v) is 3.07. The highest BCUT2D eigenvalue weighted by molar-refractivity contribution is 7.87. The van der Waals surface area contributed by atoms with Crippen LogP contribution in [0, 0.1) is 0 Å². The molecule has 0 unspecified atom stereocenters. The van der Waals surface area contributed by atoms with Gasteiger partial charge in [0.2, 0.25) is 0 Å². The fourth-order valence-electron chi connectivity index (χ4n) is 0.688. The molecule has 0 bridgehead atoms. The molecule has 0 saturated heterocycles. The predicted octanol–water partition coefficient (Wildman–Crippen LogP) is -0.454. The monoisotopic (exact) mass is 205 g/mol. The highest BCUT2D eigenvalue weighted by Gasteiger charge is 2.17. The van der Waals surface area contributed by atoms with Crippen LogP contribution in [0.1, 0.15) is 0 Å². The van der Waals surface area contributed by atoms with Crippen LogP contribution in [0.2, 0.25) is 0 Å². The van der Waals surface area contributed by atoms with Crippen LogP contribution in [0.15, 0.2) is 12.4 Å². The van der Waals surface area contributed by atoms with Crippen LogP contribution in [0.3, 0.4) is 0 Å². The number of methoxy groups -OCH3 is 1. The lowest BCUT2D eigenvalue weighted by molar-refractivity contribution is 0.414. The Morgan fingerprint density at radius 1 is 1.54 bits per heavy atom. The molecular weight excluding hydrogens is 194 g/mol. The van der Waals surface area contributed by atoms with Crippen LogP contribution in [0.25, 0.3) is 0 Å². The summed E-state index contributed by atoms with van der Waals surface area (Å²) in [6.07, 6.45) is 2.64. The van der Waals surface area contributed by atoms with E-state index >= 15 is 0 Å². The van der Waals surface area contributed by atoms with Crippen molar-refractivity contribution in [1.29, 1.82) is 0 Å². The number of nitrogens with zero attached hydrogens (tertiary/aromatic N) is 3. The standard InChI is InChI=1S/C6H11N3O3S/c1-8(2)13(10,11)9-5-6(12-3)4-7-9/h4-5H,1-3H3. The molecule has 74 valence electrons. The quantitative estimate of drug-likeness (QED) is 0.670. The largest absolute Gasteiger partial charge is 0.493 e. The van der Waals surface area contributed by atoms with E-state index in [4.69, 9.17) is 4.74 Å². The molecule has 1 aromatic rings. The molecule has 1 aromatic heterocycles. The minimum atomic E-state index is -3.51. The molecule has 0 fully saturated rings. The Hall–Kier alpha value is -1.08. The third kappa shape index (κ3) is 1.81. The summed E-state index contributed by atoms with van der Waals surface area (Å²) in [4.78, 5) is 0. The highest BCUT2D eigenvalue weighted by atomic mass is 32.2. The number of rotatable bonds is 3. The van der Waals surface area contributed by atoms with Gasteiger partial charge in [0, 0.05) is 14.1 Å². The molecule has 0 N–H and O–H groups in total. The van der Waals surface area contributed by atoms with Crippen molar-refractivity contribution in [3.05, 3.63) is 12.4 Å². The molecule has 0 amide bonds. The van der Waals surface area contributed by atoms with Gasteiger partial charge in [0.25, 0.3) is 0 Å². The molecule has 6 nitrogen and oxygen atoms in total. The van der Waals surface area contributed by atoms with Crippen LogP contribution >= 0.6 is 0 Å². The normalized spacial score (nSPS) is 12.0. The second kappa shape index (κ2) is 3.35. The molecule has 0 spiro atoms. The predicted molar refractivity (Wildman–Crippen MR) is 46.8 cm³/mol. The van der Waals surface area contributed by atoms with Gasteiger partial charge in [-0.1, -0.05) is 0 Å². The van der Waals surface area contributed by atoms with Crippen molar-refractivity contribution >= 4 is 10.2 Å².